The van der Waals surface area contributed by atoms with Gasteiger partial charge in [0.25, 0.3) is 5.91 Å². The Hall–Kier alpha value is -2.14. The van der Waals surface area contributed by atoms with E-state index in [0.29, 0.717) is 0 Å². The predicted molar refractivity (Wildman–Crippen MR) is 106 cm³/mol. The lowest BCUT2D eigenvalue weighted by molar-refractivity contribution is -0.137. The van der Waals surface area contributed by atoms with Gasteiger partial charge in [-0.05, 0) is 44.9 Å². The number of hydrogen-bond donors (Lipinski definition) is 0. The molecule has 8 heteroatoms. The van der Waals surface area contributed by atoms with Crippen LogP contribution in [0, 0.1) is 11.3 Å². The van der Waals surface area contributed by atoms with Gasteiger partial charge < -0.3 is 9.80 Å². The first kappa shape index (κ1) is 22.2. The number of carbonyl (C=O) groups excluding carboxylic acids is 1. The van der Waals surface area contributed by atoms with Crippen LogP contribution in [0.25, 0.3) is 0 Å². The van der Waals surface area contributed by atoms with E-state index >= 15 is 0 Å². The fraction of sp³-hybridized carbons (Fsp3) is 0.550. The van der Waals surface area contributed by atoms with Gasteiger partial charge in [-0.1, -0.05) is 31.5 Å². The van der Waals surface area contributed by atoms with Gasteiger partial charge in [0, 0.05) is 18.8 Å². The highest BCUT2D eigenvalue weighted by atomic mass is 32.1. The van der Waals surface area contributed by atoms with Crippen LogP contribution in [0.2, 0.25) is 0 Å². The van der Waals surface area contributed by atoms with Crippen molar-refractivity contribution in [2.75, 3.05) is 11.9 Å². The summed E-state index contributed by atoms with van der Waals surface area (Å²) in [6.45, 7) is 3.47. The van der Waals surface area contributed by atoms with Crippen LogP contribution in [0.15, 0.2) is 18.2 Å². The fourth-order valence-electron chi connectivity index (χ4n) is 3.74. The maximum absolute atomic E-state index is 13.3. The van der Waals surface area contributed by atoms with E-state index in [1.54, 1.807) is 19.9 Å². The smallest absolute Gasteiger partial charge is 0.352 e. The number of likely N-dealkylation sites (N-methyl/N-ethyl adjacent to an activating group) is 1. The molecule has 1 amide bonds. The van der Waals surface area contributed by atoms with Crippen molar-refractivity contribution in [1.29, 1.82) is 5.26 Å². The van der Waals surface area contributed by atoms with E-state index in [1.165, 1.54) is 23.5 Å². The number of amides is 1. The Kier molecular flexibility index (Phi) is 6.71. The standard InChI is InChI=1S/C20H24F3N3OS/c1-19(2,26(13-28)15-7-5-4-6-8-15)18(27)25(3)16-10-9-14(12-24)17(11-16)20(21,22)23/h9-11,13,15H,4-8H2,1-3H3. The third kappa shape index (κ3) is 4.46. The van der Waals surface area contributed by atoms with Crippen LogP contribution in [0.3, 0.4) is 0 Å². The topological polar surface area (TPSA) is 47.3 Å². The van der Waals surface area contributed by atoms with Gasteiger partial charge in [-0.15, -0.1) is 0 Å². The zero-order chi connectivity index (χ0) is 21.1. The summed E-state index contributed by atoms with van der Waals surface area (Å²) in [5.41, 5.74) is -0.965. The molecule has 0 radical (unpaired) electrons. The highest BCUT2D eigenvalue weighted by Gasteiger charge is 2.40. The van der Waals surface area contributed by atoms with Crippen molar-refractivity contribution in [3.8, 4) is 6.07 Å². The lowest BCUT2D eigenvalue weighted by Crippen LogP contribution is -2.58. The lowest BCUT2D eigenvalue weighted by atomic mass is 9.90. The van der Waals surface area contributed by atoms with E-state index in [4.69, 9.17) is 17.5 Å². The Morgan fingerprint density at radius 1 is 1.25 bits per heavy atom. The highest BCUT2D eigenvalue weighted by molar-refractivity contribution is 7.78. The number of nitrogens with zero attached hydrogens (tertiary/aromatic N) is 3. The number of carbonyl (C=O) groups is 1. The van der Waals surface area contributed by atoms with Gasteiger partial charge in [-0.3, -0.25) is 4.79 Å². The van der Waals surface area contributed by atoms with Crippen LogP contribution < -0.4 is 4.90 Å². The monoisotopic (exact) mass is 411 g/mol. The first-order chi connectivity index (χ1) is 13.0. The normalized spacial score (nSPS) is 15.6. The van der Waals surface area contributed by atoms with Crippen LogP contribution in [-0.2, 0) is 11.0 Å². The summed E-state index contributed by atoms with van der Waals surface area (Å²) < 4.78 is 39.8. The van der Waals surface area contributed by atoms with Crippen LogP contribution >= 0.6 is 12.2 Å². The van der Waals surface area contributed by atoms with Crippen molar-refractivity contribution in [3.63, 3.8) is 0 Å². The number of anilines is 1. The van der Waals surface area contributed by atoms with Crippen molar-refractivity contribution in [2.45, 2.75) is 63.7 Å². The lowest BCUT2D eigenvalue weighted by Gasteiger charge is -2.44. The molecule has 0 atom stereocenters. The van der Waals surface area contributed by atoms with Gasteiger partial charge in [0.1, 0.15) is 5.54 Å². The zero-order valence-electron chi connectivity index (χ0n) is 16.2. The largest absolute Gasteiger partial charge is 0.417 e. The Morgan fingerprint density at radius 2 is 1.86 bits per heavy atom. The molecule has 28 heavy (non-hydrogen) atoms. The van der Waals surface area contributed by atoms with E-state index in [0.717, 1.165) is 44.2 Å². The molecule has 0 aromatic heterocycles. The Labute approximate surface area is 168 Å². The summed E-state index contributed by atoms with van der Waals surface area (Å²) in [6.07, 6.45) is 0.472. The molecule has 1 aliphatic carbocycles. The zero-order valence-corrected chi connectivity index (χ0v) is 17.0. The molecule has 0 saturated heterocycles. The molecule has 2 rings (SSSR count). The molecular weight excluding hydrogens is 387 g/mol. The molecule has 0 unspecified atom stereocenters. The number of hydrogen-bond acceptors (Lipinski definition) is 3. The summed E-state index contributed by atoms with van der Waals surface area (Å²) in [5.74, 6) is -0.364. The average molecular weight is 411 g/mol. The van der Waals surface area contributed by atoms with E-state index in [9.17, 15) is 18.0 Å². The van der Waals surface area contributed by atoms with Gasteiger partial charge in [-0.25, -0.2) is 0 Å². The maximum atomic E-state index is 13.3. The van der Waals surface area contributed by atoms with Crippen molar-refractivity contribution >= 4 is 29.3 Å². The number of rotatable bonds is 5. The minimum absolute atomic E-state index is 0.0809. The molecule has 1 aromatic carbocycles. The first-order valence-electron chi connectivity index (χ1n) is 9.17. The predicted octanol–water partition coefficient (Wildman–Crippen LogP) is 4.91. The third-order valence-electron chi connectivity index (χ3n) is 5.37. The molecule has 0 bridgehead atoms. The first-order valence-corrected chi connectivity index (χ1v) is 9.64. The van der Waals surface area contributed by atoms with E-state index < -0.39 is 22.8 Å². The summed E-state index contributed by atoms with van der Waals surface area (Å²) >= 11 is 5.17. The molecule has 0 aliphatic heterocycles. The number of nitriles is 1. The molecule has 1 fully saturated rings. The molecule has 0 N–H and O–H groups in total. The van der Waals surface area contributed by atoms with E-state index in [-0.39, 0.29) is 17.6 Å². The summed E-state index contributed by atoms with van der Waals surface area (Å²) in [5, 5.41) is 8.95. The minimum atomic E-state index is -4.68. The Balaban J connectivity index is 2.34. The number of benzene rings is 1. The second-order valence-electron chi connectivity index (χ2n) is 7.57. The van der Waals surface area contributed by atoms with Crippen molar-refractivity contribution in [1.82, 2.24) is 4.90 Å². The van der Waals surface area contributed by atoms with Crippen LogP contribution in [0.4, 0.5) is 18.9 Å². The van der Waals surface area contributed by atoms with Gasteiger partial charge >= 0.3 is 6.18 Å². The molecule has 1 aromatic rings. The van der Waals surface area contributed by atoms with E-state index in [1.807, 2.05) is 4.90 Å². The van der Waals surface area contributed by atoms with Gasteiger partial charge in [0.15, 0.2) is 0 Å². The van der Waals surface area contributed by atoms with Crippen LogP contribution in [0.5, 0.6) is 0 Å². The molecule has 4 nitrogen and oxygen atoms in total. The number of alkyl halides is 3. The highest BCUT2D eigenvalue weighted by Crippen LogP contribution is 2.35. The molecular formula is C20H24F3N3OS. The minimum Gasteiger partial charge on any atom is -0.352 e. The van der Waals surface area contributed by atoms with Gasteiger partial charge in [0.05, 0.1) is 22.7 Å². The van der Waals surface area contributed by atoms with Crippen molar-refractivity contribution in [2.24, 2.45) is 0 Å². The van der Waals surface area contributed by atoms with Gasteiger partial charge in [-0.2, -0.15) is 18.4 Å². The second-order valence-corrected chi connectivity index (χ2v) is 7.78. The second kappa shape index (κ2) is 8.48. The quantitative estimate of drug-likeness (QED) is 0.646. The van der Waals surface area contributed by atoms with Crippen LogP contribution in [0.1, 0.15) is 57.1 Å². The van der Waals surface area contributed by atoms with E-state index in [2.05, 4.69) is 0 Å². The number of halogens is 3. The Bertz CT molecular complexity index is 780. The molecule has 1 saturated carbocycles. The SMILES string of the molecule is CN(C(=O)C(C)(C)N(C=S)C1CCCCC1)c1ccc(C#N)c(C(F)(F)F)c1. The summed E-state index contributed by atoms with van der Waals surface area (Å²) in [4.78, 5) is 16.3. The van der Waals surface area contributed by atoms with Crippen molar-refractivity contribution < 1.29 is 18.0 Å². The molecule has 152 valence electrons. The van der Waals surface area contributed by atoms with Crippen LogP contribution in [-0.4, -0.2) is 34.9 Å². The van der Waals surface area contributed by atoms with Gasteiger partial charge in [0.2, 0.25) is 0 Å². The van der Waals surface area contributed by atoms with Crippen molar-refractivity contribution in [3.05, 3.63) is 29.3 Å². The number of thiocarbonyl (C=S) groups is 1. The summed E-state index contributed by atoms with van der Waals surface area (Å²) in [6, 6.07) is 4.98. The average Bonchev–Trinajstić information content (AvgIpc) is 2.66. The third-order valence-corrected chi connectivity index (χ3v) is 5.60. The maximum Gasteiger partial charge on any atom is 0.417 e. The fourth-order valence-corrected chi connectivity index (χ4v) is 4.18. The Morgan fingerprint density at radius 3 is 2.36 bits per heavy atom. The summed E-state index contributed by atoms with van der Waals surface area (Å²) in [7, 11) is 1.44. The molecule has 1 aliphatic rings. The molecule has 0 spiro atoms. The molecule has 0 heterocycles.